The van der Waals surface area contributed by atoms with Crippen LogP contribution in [0.5, 0.6) is 0 Å². The van der Waals surface area contributed by atoms with Crippen LogP contribution in [0.15, 0.2) is 17.5 Å². The first-order chi connectivity index (χ1) is 12.6. The van der Waals surface area contributed by atoms with Crippen LogP contribution in [0.1, 0.15) is 11.8 Å². The van der Waals surface area contributed by atoms with E-state index in [4.69, 9.17) is 14.2 Å². The van der Waals surface area contributed by atoms with Crippen molar-refractivity contribution in [2.45, 2.75) is 25.0 Å². The molecule has 9 heteroatoms. The Morgan fingerprint density at radius 1 is 1.38 bits per heavy atom. The van der Waals surface area contributed by atoms with Gasteiger partial charge in [-0.05, 0) is 18.4 Å². The number of thiophene rings is 1. The standard InChI is InChI=1S/C17H22N2O6S/c1-2-24-16(22)17(11-25-17)15(21)18-13(10-12-4-3-9-26-12)14(20)19-5-7-23-8-6-19/h3-4,9,13H,2,5-8,10-11H2,1H3,(H,18,21)/t13-,17-/m0/s1. The highest BCUT2D eigenvalue weighted by molar-refractivity contribution is 7.09. The number of carbonyl (C=O) groups excluding carboxylic acids is 3. The fourth-order valence-corrected chi connectivity index (χ4v) is 3.52. The van der Waals surface area contributed by atoms with Crippen molar-refractivity contribution in [1.82, 2.24) is 10.2 Å². The molecule has 2 aliphatic rings. The van der Waals surface area contributed by atoms with E-state index >= 15 is 0 Å². The van der Waals surface area contributed by atoms with Crippen LogP contribution >= 0.6 is 11.3 Å². The highest BCUT2D eigenvalue weighted by Gasteiger charge is 2.61. The molecule has 3 heterocycles. The molecule has 2 aliphatic heterocycles. The Kier molecular flexibility index (Phi) is 5.90. The van der Waals surface area contributed by atoms with Gasteiger partial charge in [0.1, 0.15) is 6.04 Å². The number of rotatable bonds is 7. The zero-order valence-electron chi connectivity index (χ0n) is 14.6. The number of carbonyl (C=O) groups is 3. The second-order valence-corrected chi connectivity index (χ2v) is 7.12. The van der Waals surface area contributed by atoms with Crippen LogP contribution in [-0.4, -0.2) is 73.8 Å². The number of nitrogens with one attached hydrogen (secondary N) is 1. The predicted octanol–water partition coefficient (Wildman–Crippen LogP) is -0.0337. The second-order valence-electron chi connectivity index (χ2n) is 6.08. The van der Waals surface area contributed by atoms with E-state index in [9.17, 15) is 14.4 Å². The van der Waals surface area contributed by atoms with E-state index in [1.807, 2.05) is 17.5 Å². The van der Waals surface area contributed by atoms with Crippen molar-refractivity contribution in [2.24, 2.45) is 0 Å². The lowest BCUT2D eigenvalue weighted by Gasteiger charge is -2.31. The fourth-order valence-electron chi connectivity index (χ4n) is 2.77. The van der Waals surface area contributed by atoms with Crippen LogP contribution in [-0.2, 0) is 35.0 Å². The molecule has 2 amide bonds. The summed E-state index contributed by atoms with van der Waals surface area (Å²) in [6.45, 7) is 3.69. The molecule has 0 aromatic carbocycles. The molecule has 0 aliphatic carbocycles. The number of esters is 1. The van der Waals surface area contributed by atoms with E-state index in [-0.39, 0.29) is 19.1 Å². The molecule has 3 rings (SSSR count). The minimum absolute atomic E-state index is 0.0326. The summed E-state index contributed by atoms with van der Waals surface area (Å²) >= 11 is 1.51. The van der Waals surface area contributed by atoms with Gasteiger partial charge in [-0.2, -0.15) is 0 Å². The number of nitrogens with zero attached hydrogens (tertiary/aromatic N) is 1. The molecule has 0 spiro atoms. The van der Waals surface area contributed by atoms with E-state index in [2.05, 4.69) is 5.32 Å². The van der Waals surface area contributed by atoms with Crippen molar-refractivity contribution < 1.29 is 28.6 Å². The molecular weight excluding hydrogens is 360 g/mol. The molecule has 2 fully saturated rings. The fraction of sp³-hybridized carbons (Fsp3) is 0.588. The largest absolute Gasteiger partial charge is 0.463 e. The van der Waals surface area contributed by atoms with Gasteiger partial charge in [-0.1, -0.05) is 6.07 Å². The van der Waals surface area contributed by atoms with E-state index < -0.39 is 23.5 Å². The average molecular weight is 382 g/mol. The Bertz CT molecular complexity index is 652. The quantitative estimate of drug-likeness (QED) is 0.404. The molecule has 142 valence electrons. The van der Waals surface area contributed by atoms with Crippen molar-refractivity contribution >= 4 is 29.1 Å². The van der Waals surface area contributed by atoms with Crippen LogP contribution < -0.4 is 5.32 Å². The Balaban J connectivity index is 1.71. The summed E-state index contributed by atoms with van der Waals surface area (Å²) in [7, 11) is 0. The predicted molar refractivity (Wildman–Crippen MR) is 92.7 cm³/mol. The van der Waals surface area contributed by atoms with E-state index in [0.29, 0.717) is 32.7 Å². The molecule has 0 radical (unpaired) electrons. The summed E-state index contributed by atoms with van der Waals surface area (Å²) < 4.78 is 15.3. The van der Waals surface area contributed by atoms with Crippen LogP contribution in [0.4, 0.5) is 0 Å². The Morgan fingerprint density at radius 2 is 2.12 bits per heavy atom. The van der Waals surface area contributed by atoms with Crippen LogP contribution in [0, 0.1) is 0 Å². The molecule has 1 N–H and O–H groups in total. The summed E-state index contributed by atoms with van der Waals surface area (Å²) in [6, 6.07) is 3.03. The van der Waals surface area contributed by atoms with Gasteiger partial charge in [-0.15, -0.1) is 11.3 Å². The number of epoxide rings is 1. The molecule has 2 saturated heterocycles. The molecule has 1 aromatic heterocycles. The third-order valence-electron chi connectivity index (χ3n) is 4.32. The molecule has 0 unspecified atom stereocenters. The van der Waals surface area contributed by atoms with Crippen molar-refractivity contribution in [3.63, 3.8) is 0 Å². The normalized spacial score (nSPS) is 23.2. The van der Waals surface area contributed by atoms with Gasteiger partial charge in [0.05, 0.1) is 26.4 Å². The van der Waals surface area contributed by atoms with Gasteiger partial charge >= 0.3 is 5.97 Å². The number of ether oxygens (including phenoxy) is 3. The van der Waals surface area contributed by atoms with Crippen molar-refractivity contribution in [3.8, 4) is 0 Å². The zero-order chi connectivity index (χ0) is 18.6. The highest BCUT2D eigenvalue weighted by atomic mass is 32.1. The number of amides is 2. The molecule has 0 saturated carbocycles. The second kappa shape index (κ2) is 8.15. The third-order valence-corrected chi connectivity index (χ3v) is 5.22. The first-order valence-electron chi connectivity index (χ1n) is 8.58. The molecular formula is C17H22N2O6S. The topological polar surface area (TPSA) is 97.5 Å². The maximum Gasteiger partial charge on any atom is 0.350 e. The minimum atomic E-state index is -1.62. The van der Waals surface area contributed by atoms with Crippen LogP contribution in [0.3, 0.4) is 0 Å². The zero-order valence-corrected chi connectivity index (χ0v) is 15.4. The van der Waals surface area contributed by atoms with Crippen LogP contribution in [0.25, 0.3) is 0 Å². The number of hydrogen-bond acceptors (Lipinski definition) is 7. The summed E-state index contributed by atoms with van der Waals surface area (Å²) in [6.07, 6.45) is 0.360. The van der Waals surface area contributed by atoms with E-state index in [1.54, 1.807) is 11.8 Å². The lowest BCUT2D eigenvalue weighted by atomic mass is 10.1. The van der Waals surface area contributed by atoms with Crippen molar-refractivity contribution in [3.05, 3.63) is 22.4 Å². The van der Waals surface area contributed by atoms with Gasteiger partial charge in [-0.3, -0.25) is 9.59 Å². The summed E-state index contributed by atoms with van der Waals surface area (Å²) in [5, 5.41) is 4.62. The molecule has 8 nitrogen and oxygen atoms in total. The first-order valence-corrected chi connectivity index (χ1v) is 9.46. The van der Waals surface area contributed by atoms with Gasteiger partial charge < -0.3 is 24.4 Å². The molecule has 26 heavy (non-hydrogen) atoms. The molecule has 1 aromatic rings. The van der Waals surface area contributed by atoms with Crippen molar-refractivity contribution in [1.29, 1.82) is 0 Å². The lowest BCUT2D eigenvalue weighted by Crippen LogP contribution is -2.56. The SMILES string of the molecule is CCOC(=O)[C@@]1(C(=O)N[C@@H](Cc2cccs2)C(=O)N2CCOCC2)CO1. The summed E-state index contributed by atoms with van der Waals surface area (Å²) in [5.41, 5.74) is -1.62. The number of hydrogen-bond donors (Lipinski definition) is 1. The minimum Gasteiger partial charge on any atom is -0.463 e. The van der Waals surface area contributed by atoms with E-state index in [0.717, 1.165) is 4.88 Å². The summed E-state index contributed by atoms with van der Waals surface area (Å²) in [5.74, 6) is -1.53. The average Bonchev–Trinajstić information content (AvgIpc) is 3.32. The lowest BCUT2D eigenvalue weighted by molar-refractivity contribution is -0.155. The highest BCUT2D eigenvalue weighted by Crippen LogP contribution is 2.29. The third kappa shape index (κ3) is 4.05. The smallest absolute Gasteiger partial charge is 0.350 e. The first kappa shape index (κ1) is 18.8. The Morgan fingerprint density at radius 3 is 2.69 bits per heavy atom. The van der Waals surface area contributed by atoms with Gasteiger partial charge in [0.2, 0.25) is 5.91 Å². The van der Waals surface area contributed by atoms with Gasteiger partial charge in [0, 0.05) is 24.4 Å². The maximum absolute atomic E-state index is 12.9. The Hall–Kier alpha value is -1.97. The van der Waals surface area contributed by atoms with Crippen LogP contribution in [0.2, 0.25) is 0 Å². The van der Waals surface area contributed by atoms with Gasteiger partial charge in [0.25, 0.3) is 11.5 Å². The number of morpholine rings is 1. The van der Waals surface area contributed by atoms with Gasteiger partial charge in [0.15, 0.2) is 0 Å². The van der Waals surface area contributed by atoms with Gasteiger partial charge in [-0.25, -0.2) is 4.79 Å². The molecule has 2 atom stereocenters. The van der Waals surface area contributed by atoms with E-state index in [1.165, 1.54) is 11.3 Å². The Labute approximate surface area is 155 Å². The monoisotopic (exact) mass is 382 g/mol. The summed E-state index contributed by atoms with van der Waals surface area (Å²) in [4.78, 5) is 40.2. The van der Waals surface area contributed by atoms with Crippen molar-refractivity contribution in [2.75, 3.05) is 39.5 Å². The maximum atomic E-state index is 12.9. The molecule has 0 bridgehead atoms.